The Morgan fingerprint density at radius 2 is 1.96 bits per heavy atom. The van der Waals surface area contributed by atoms with E-state index in [0.29, 0.717) is 22.3 Å². The van der Waals surface area contributed by atoms with Gasteiger partial charge in [0.05, 0.1) is 16.6 Å². The van der Waals surface area contributed by atoms with E-state index in [9.17, 15) is 9.59 Å². The molecule has 124 valence electrons. The Hall–Kier alpha value is -2.04. The number of aryl methyl sites for hydroxylation is 1. The predicted molar refractivity (Wildman–Crippen MR) is 96.7 cm³/mol. The van der Waals surface area contributed by atoms with Gasteiger partial charge in [0.1, 0.15) is 0 Å². The molecule has 0 aliphatic carbocycles. The first-order chi connectivity index (χ1) is 11.5. The topological polar surface area (TPSA) is 49.4 Å². The standard InChI is InChI=1S/C18H16Cl2N2O2/c1-11-4-2-3-5-16(11)22-10-12(8-17(22)23)18(24)21-15-9-13(19)6-7-14(15)20/h2-7,9,12H,8,10H2,1H3,(H,21,24)/t12-/m0/s1. The van der Waals surface area contributed by atoms with Crippen LogP contribution >= 0.6 is 23.2 Å². The number of hydrogen-bond acceptors (Lipinski definition) is 2. The molecule has 2 amide bonds. The number of benzene rings is 2. The molecule has 0 unspecified atom stereocenters. The van der Waals surface area contributed by atoms with Gasteiger partial charge in [0.2, 0.25) is 11.8 Å². The van der Waals surface area contributed by atoms with E-state index in [4.69, 9.17) is 23.2 Å². The summed E-state index contributed by atoms with van der Waals surface area (Å²) >= 11 is 12.0. The van der Waals surface area contributed by atoms with Crippen LogP contribution in [0.1, 0.15) is 12.0 Å². The van der Waals surface area contributed by atoms with Crippen molar-refractivity contribution in [1.82, 2.24) is 0 Å². The Kier molecular flexibility index (Phi) is 4.78. The van der Waals surface area contributed by atoms with Crippen LogP contribution in [0.3, 0.4) is 0 Å². The summed E-state index contributed by atoms with van der Waals surface area (Å²) in [5.41, 5.74) is 2.30. The monoisotopic (exact) mass is 362 g/mol. The van der Waals surface area contributed by atoms with Crippen molar-refractivity contribution in [3.8, 4) is 0 Å². The summed E-state index contributed by atoms with van der Waals surface area (Å²) < 4.78 is 0. The Labute approximate surface area is 150 Å². The van der Waals surface area contributed by atoms with Gasteiger partial charge in [-0.2, -0.15) is 0 Å². The zero-order valence-electron chi connectivity index (χ0n) is 13.1. The minimum absolute atomic E-state index is 0.0540. The molecule has 1 N–H and O–H groups in total. The smallest absolute Gasteiger partial charge is 0.229 e. The van der Waals surface area contributed by atoms with Crippen LogP contribution in [-0.4, -0.2) is 18.4 Å². The molecule has 0 aromatic heterocycles. The molecule has 0 saturated carbocycles. The lowest BCUT2D eigenvalue weighted by atomic mass is 10.1. The molecule has 1 aliphatic rings. The lowest BCUT2D eigenvalue weighted by Crippen LogP contribution is -2.28. The number of carbonyl (C=O) groups excluding carboxylic acids is 2. The molecule has 2 aromatic rings. The van der Waals surface area contributed by atoms with Gasteiger partial charge in [0.25, 0.3) is 0 Å². The second kappa shape index (κ2) is 6.83. The number of halogens is 2. The minimum Gasteiger partial charge on any atom is -0.324 e. The normalized spacial score (nSPS) is 17.2. The fourth-order valence-electron chi connectivity index (χ4n) is 2.81. The van der Waals surface area contributed by atoms with Crippen molar-refractivity contribution < 1.29 is 9.59 Å². The summed E-state index contributed by atoms with van der Waals surface area (Å²) in [5, 5.41) is 3.66. The predicted octanol–water partition coefficient (Wildman–Crippen LogP) is 4.29. The average Bonchev–Trinajstić information content (AvgIpc) is 2.93. The molecule has 4 nitrogen and oxygen atoms in total. The number of anilines is 2. The fourth-order valence-corrected chi connectivity index (χ4v) is 3.15. The molecule has 0 radical (unpaired) electrons. The zero-order valence-corrected chi connectivity index (χ0v) is 14.6. The Balaban J connectivity index is 1.75. The number of amides is 2. The third kappa shape index (κ3) is 3.40. The fraction of sp³-hybridized carbons (Fsp3) is 0.222. The average molecular weight is 363 g/mol. The second-order valence-electron chi connectivity index (χ2n) is 5.81. The molecular weight excluding hydrogens is 347 g/mol. The van der Waals surface area contributed by atoms with Gasteiger partial charge < -0.3 is 10.2 Å². The van der Waals surface area contributed by atoms with E-state index < -0.39 is 5.92 Å². The summed E-state index contributed by atoms with van der Waals surface area (Å²) in [6, 6.07) is 12.5. The van der Waals surface area contributed by atoms with Crippen LogP contribution in [0.25, 0.3) is 0 Å². The van der Waals surface area contributed by atoms with Crippen LogP contribution in [0.4, 0.5) is 11.4 Å². The number of hydrogen-bond donors (Lipinski definition) is 1. The van der Waals surface area contributed by atoms with Gasteiger partial charge >= 0.3 is 0 Å². The maximum Gasteiger partial charge on any atom is 0.229 e. The molecule has 3 rings (SSSR count). The van der Waals surface area contributed by atoms with E-state index in [2.05, 4.69) is 5.32 Å². The third-order valence-electron chi connectivity index (χ3n) is 4.09. The minimum atomic E-state index is -0.424. The van der Waals surface area contributed by atoms with Gasteiger partial charge in [-0.05, 0) is 36.8 Å². The summed E-state index contributed by atoms with van der Waals surface area (Å²) in [6.45, 7) is 2.30. The van der Waals surface area contributed by atoms with Crippen molar-refractivity contribution >= 4 is 46.4 Å². The largest absolute Gasteiger partial charge is 0.324 e. The van der Waals surface area contributed by atoms with Crippen molar-refractivity contribution in [2.75, 3.05) is 16.8 Å². The maximum absolute atomic E-state index is 12.5. The summed E-state index contributed by atoms with van der Waals surface area (Å²) in [5.74, 6) is -0.711. The highest BCUT2D eigenvalue weighted by Crippen LogP contribution is 2.30. The number of nitrogens with zero attached hydrogens (tertiary/aromatic N) is 1. The highest BCUT2D eigenvalue weighted by atomic mass is 35.5. The van der Waals surface area contributed by atoms with Crippen molar-refractivity contribution in [2.45, 2.75) is 13.3 Å². The first-order valence-corrected chi connectivity index (χ1v) is 8.33. The Bertz CT molecular complexity index is 807. The first-order valence-electron chi connectivity index (χ1n) is 7.57. The summed E-state index contributed by atoms with van der Waals surface area (Å²) in [4.78, 5) is 26.5. The van der Waals surface area contributed by atoms with E-state index in [1.54, 1.807) is 23.1 Å². The molecule has 1 aliphatic heterocycles. The van der Waals surface area contributed by atoms with E-state index >= 15 is 0 Å². The van der Waals surface area contributed by atoms with E-state index in [-0.39, 0.29) is 18.2 Å². The number of carbonyl (C=O) groups is 2. The zero-order chi connectivity index (χ0) is 17.3. The van der Waals surface area contributed by atoms with Gasteiger partial charge in [0, 0.05) is 23.7 Å². The van der Waals surface area contributed by atoms with Crippen LogP contribution < -0.4 is 10.2 Å². The van der Waals surface area contributed by atoms with Crippen LogP contribution in [0, 0.1) is 12.8 Å². The van der Waals surface area contributed by atoms with E-state index in [0.717, 1.165) is 11.3 Å². The Morgan fingerprint density at radius 1 is 1.21 bits per heavy atom. The highest BCUT2D eigenvalue weighted by Gasteiger charge is 2.35. The van der Waals surface area contributed by atoms with Gasteiger partial charge in [-0.15, -0.1) is 0 Å². The van der Waals surface area contributed by atoms with Crippen LogP contribution in [0.2, 0.25) is 10.0 Å². The maximum atomic E-state index is 12.5. The second-order valence-corrected chi connectivity index (χ2v) is 6.65. The molecule has 2 aromatic carbocycles. The van der Waals surface area contributed by atoms with Crippen molar-refractivity contribution in [2.24, 2.45) is 5.92 Å². The first kappa shape index (κ1) is 16.8. The molecule has 0 spiro atoms. The third-order valence-corrected chi connectivity index (χ3v) is 4.65. The van der Waals surface area contributed by atoms with Crippen molar-refractivity contribution in [3.63, 3.8) is 0 Å². The summed E-state index contributed by atoms with van der Waals surface area (Å²) in [6.07, 6.45) is 0.179. The molecule has 1 atom stereocenters. The van der Waals surface area contributed by atoms with E-state index in [1.807, 2.05) is 31.2 Å². The van der Waals surface area contributed by atoms with Crippen molar-refractivity contribution in [1.29, 1.82) is 0 Å². The SMILES string of the molecule is Cc1ccccc1N1C[C@@H](C(=O)Nc2cc(Cl)ccc2Cl)CC1=O. The van der Waals surface area contributed by atoms with Crippen molar-refractivity contribution in [3.05, 3.63) is 58.1 Å². The van der Waals surface area contributed by atoms with Gasteiger partial charge in [-0.1, -0.05) is 41.4 Å². The molecule has 1 saturated heterocycles. The summed E-state index contributed by atoms with van der Waals surface area (Å²) in [7, 11) is 0. The lowest BCUT2D eigenvalue weighted by molar-refractivity contribution is -0.122. The van der Waals surface area contributed by atoms with Crippen LogP contribution in [0.15, 0.2) is 42.5 Å². The van der Waals surface area contributed by atoms with Crippen LogP contribution in [-0.2, 0) is 9.59 Å². The van der Waals surface area contributed by atoms with Gasteiger partial charge in [-0.25, -0.2) is 0 Å². The highest BCUT2D eigenvalue weighted by molar-refractivity contribution is 6.35. The molecule has 0 bridgehead atoms. The number of para-hydroxylation sites is 1. The van der Waals surface area contributed by atoms with Gasteiger partial charge in [0.15, 0.2) is 0 Å². The molecule has 1 fully saturated rings. The Morgan fingerprint density at radius 3 is 2.71 bits per heavy atom. The number of nitrogens with one attached hydrogen (secondary N) is 1. The lowest BCUT2D eigenvalue weighted by Gasteiger charge is -2.19. The molecular formula is C18H16Cl2N2O2. The number of rotatable bonds is 3. The van der Waals surface area contributed by atoms with Gasteiger partial charge in [-0.3, -0.25) is 9.59 Å². The van der Waals surface area contributed by atoms with Crippen LogP contribution in [0.5, 0.6) is 0 Å². The quantitative estimate of drug-likeness (QED) is 0.884. The van der Waals surface area contributed by atoms with E-state index in [1.165, 1.54) is 0 Å². The molecule has 24 heavy (non-hydrogen) atoms. The molecule has 1 heterocycles. The molecule has 6 heteroatoms.